The van der Waals surface area contributed by atoms with Gasteiger partial charge in [0.25, 0.3) is 5.91 Å². The monoisotopic (exact) mass is 393 g/mol. The second-order valence-corrected chi connectivity index (χ2v) is 8.64. The number of carbonyl (C=O) groups excluding carboxylic acids is 1. The van der Waals surface area contributed by atoms with E-state index in [-0.39, 0.29) is 17.4 Å². The lowest BCUT2D eigenvalue weighted by Gasteiger charge is -2.30. The number of nitrogens with zero attached hydrogens (tertiary/aromatic N) is 4. The van der Waals surface area contributed by atoms with Gasteiger partial charge in [-0.3, -0.25) is 4.79 Å². The van der Waals surface area contributed by atoms with Crippen LogP contribution in [-0.2, 0) is 5.41 Å². The van der Waals surface area contributed by atoms with Crippen molar-refractivity contribution in [3.63, 3.8) is 0 Å². The number of aliphatic hydroxyl groups excluding tert-OH is 1. The Kier molecular flexibility index (Phi) is 5.00. The molecule has 7 nitrogen and oxygen atoms in total. The van der Waals surface area contributed by atoms with Crippen LogP contribution in [-0.4, -0.2) is 44.8 Å². The van der Waals surface area contributed by atoms with E-state index in [2.05, 4.69) is 41.1 Å². The Labute approximate surface area is 170 Å². The number of rotatable bonds is 3. The predicted octanol–water partition coefficient (Wildman–Crippen LogP) is 3.24. The Morgan fingerprint density at radius 1 is 1.17 bits per heavy atom. The first-order valence-electron chi connectivity index (χ1n) is 10.0. The maximum atomic E-state index is 12.6. The standard InChI is InChI=1S/C22H27N5O2/c1-22(2,3)16-8-6-15(7-9-16)21(29)24-18-14-27-19(23-18)10-11-20(25-27)26-12-4-5-17(28)13-26/h6-11,14,17,28H,4-5,12-13H2,1-3H3,(H,24,29). The topological polar surface area (TPSA) is 82.8 Å². The molecule has 2 N–H and O–H groups in total. The minimum Gasteiger partial charge on any atom is -0.391 e. The number of piperidine rings is 1. The zero-order valence-electron chi connectivity index (χ0n) is 17.1. The van der Waals surface area contributed by atoms with Gasteiger partial charge in [0, 0.05) is 18.7 Å². The normalized spacial score (nSPS) is 17.5. The van der Waals surface area contributed by atoms with Crippen molar-refractivity contribution >= 4 is 23.2 Å². The molecular formula is C22H27N5O2. The zero-order chi connectivity index (χ0) is 20.6. The molecule has 3 heterocycles. The molecule has 29 heavy (non-hydrogen) atoms. The molecule has 0 bridgehead atoms. The molecule has 1 aromatic carbocycles. The highest BCUT2D eigenvalue weighted by Crippen LogP contribution is 2.23. The summed E-state index contributed by atoms with van der Waals surface area (Å²) >= 11 is 0. The van der Waals surface area contributed by atoms with Gasteiger partial charge >= 0.3 is 0 Å². The number of fused-ring (bicyclic) bond motifs is 1. The van der Waals surface area contributed by atoms with Gasteiger partial charge in [-0.25, -0.2) is 9.50 Å². The fourth-order valence-corrected chi connectivity index (χ4v) is 3.57. The van der Waals surface area contributed by atoms with Crippen LogP contribution in [0.4, 0.5) is 11.6 Å². The molecular weight excluding hydrogens is 366 g/mol. The molecule has 3 aromatic rings. The summed E-state index contributed by atoms with van der Waals surface area (Å²) in [5.41, 5.74) is 2.47. The first-order chi connectivity index (χ1) is 13.8. The van der Waals surface area contributed by atoms with Gasteiger partial charge in [0.1, 0.15) is 5.82 Å². The van der Waals surface area contributed by atoms with Gasteiger partial charge in [-0.1, -0.05) is 32.9 Å². The number of carbonyl (C=O) groups is 1. The summed E-state index contributed by atoms with van der Waals surface area (Å²) in [6.45, 7) is 7.89. The van der Waals surface area contributed by atoms with E-state index in [9.17, 15) is 9.90 Å². The minimum absolute atomic E-state index is 0.0460. The van der Waals surface area contributed by atoms with Gasteiger partial charge in [-0.05, 0) is 48.1 Å². The van der Waals surface area contributed by atoms with Gasteiger partial charge in [0.2, 0.25) is 0 Å². The summed E-state index contributed by atoms with van der Waals surface area (Å²) < 4.78 is 1.66. The number of imidazole rings is 1. The number of benzene rings is 1. The van der Waals surface area contributed by atoms with Gasteiger partial charge < -0.3 is 15.3 Å². The molecule has 1 fully saturated rings. The van der Waals surface area contributed by atoms with Crippen LogP contribution < -0.4 is 10.2 Å². The average molecular weight is 393 g/mol. The van der Waals surface area contributed by atoms with Gasteiger partial charge in [-0.15, -0.1) is 5.10 Å². The van der Waals surface area contributed by atoms with Crippen LogP contribution in [0.1, 0.15) is 49.5 Å². The highest BCUT2D eigenvalue weighted by molar-refractivity contribution is 6.03. The molecule has 0 spiro atoms. The van der Waals surface area contributed by atoms with E-state index in [4.69, 9.17) is 0 Å². The van der Waals surface area contributed by atoms with E-state index < -0.39 is 0 Å². The van der Waals surface area contributed by atoms with Crippen molar-refractivity contribution in [3.05, 3.63) is 53.7 Å². The average Bonchev–Trinajstić information content (AvgIpc) is 3.08. The van der Waals surface area contributed by atoms with E-state index >= 15 is 0 Å². The number of hydrogen-bond acceptors (Lipinski definition) is 5. The Bertz CT molecular complexity index is 1020. The van der Waals surface area contributed by atoms with E-state index in [1.165, 1.54) is 5.56 Å². The molecule has 2 aromatic heterocycles. The third-order valence-electron chi connectivity index (χ3n) is 5.28. The third kappa shape index (κ3) is 4.24. The van der Waals surface area contributed by atoms with Crippen LogP contribution in [0.25, 0.3) is 5.65 Å². The van der Waals surface area contributed by atoms with Crippen LogP contribution in [0, 0.1) is 0 Å². The molecule has 1 aliphatic rings. The number of aromatic nitrogens is 3. The van der Waals surface area contributed by atoms with Crippen molar-refractivity contribution in [3.8, 4) is 0 Å². The summed E-state index contributed by atoms with van der Waals surface area (Å²) in [5.74, 6) is 1.05. The van der Waals surface area contributed by atoms with Crippen molar-refractivity contribution in [2.75, 3.05) is 23.3 Å². The Hall–Kier alpha value is -2.93. The van der Waals surface area contributed by atoms with Crippen molar-refractivity contribution in [1.82, 2.24) is 14.6 Å². The first kappa shape index (κ1) is 19.4. The third-order valence-corrected chi connectivity index (χ3v) is 5.28. The number of anilines is 2. The summed E-state index contributed by atoms with van der Waals surface area (Å²) in [6.07, 6.45) is 3.17. The molecule has 7 heteroatoms. The van der Waals surface area contributed by atoms with Crippen molar-refractivity contribution in [1.29, 1.82) is 0 Å². The van der Waals surface area contributed by atoms with Crippen molar-refractivity contribution in [2.45, 2.75) is 45.1 Å². The quantitative estimate of drug-likeness (QED) is 0.714. The molecule has 4 rings (SSSR count). The van der Waals surface area contributed by atoms with Crippen LogP contribution >= 0.6 is 0 Å². The maximum Gasteiger partial charge on any atom is 0.256 e. The molecule has 1 unspecified atom stereocenters. The molecule has 152 valence electrons. The maximum absolute atomic E-state index is 12.6. The van der Waals surface area contributed by atoms with Crippen LogP contribution in [0.15, 0.2) is 42.6 Å². The molecule has 1 atom stereocenters. The molecule has 1 aliphatic heterocycles. The molecule has 0 radical (unpaired) electrons. The Balaban J connectivity index is 1.50. The van der Waals surface area contributed by atoms with Crippen molar-refractivity contribution in [2.24, 2.45) is 0 Å². The molecule has 0 saturated carbocycles. The second kappa shape index (κ2) is 7.48. The van der Waals surface area contributed by atoms with E-state index in [1.807, 2.05) is 36.4 Å². The zero-order valence-corrected chi connectivity index (χ0v) is 17.1. The fourth-order valence-electron chi connectivity index (χ4n) is 3.57. The van der Waals surface area contributed by atoms with E-state index in [0.29, 0.717) is 23.6 Å². The van der Waals surface area contributed by atoms with Crippen molar-refractivity contribution < 1.29 is 9.90 Å². The Morgan fingerprint density at radius 2 is 1.93 bits per heavy atom. The highest BCUT2D eigenvalue weighted by atomic mass is 16.3. The highest BCUT2D eigenvalue weighted by Gasteiger charge is 2.20. The largest absolute Gasteiger partial charge is 0.391 e. The summed E-state index contributed by atoms with van der Waals surface area (Å²) in [6, 6.07) is 11.4. The number of nitrogens with one attached hydrogen (secondary N) is 1. The Morgan fingerprint density at radius 3 is 2.62 bits per heavy atom. The smallest absolute Gasteiger partial charge is 0.256 e. The van der Waals surface area contributed by atoms with Crippen LogP contribution in [0.3, 0.4) is 0 Å². The molecule has 1 amide bonds. The summed E-state index contributed by atoms with van der Waals surface area (Å²) in [7, 11) is 0. The number of β-amino-alcohol motifs (C(OH)–C–C–N with tert-alkyl or cyclic N) is 1. The van der Waals surface area contributed by atoms with E-state index in [1.54, 1.807) is 10.7 Å². The van der Waals surface area contributed by atoms with Gasteiger partial charge in [0.15, 0.2) is 11.5 Å². The van der Waals surface area contributed by atoms with E-state index in [0.717, 1.165) is 25.2 Å². The lowest BCUT2D eigenvalue weighted by molar-refractivity contribution is 0.102. The number of aliphatic hydroxyl groups is 1. The number of hydrogen-bond donors (Lipinski definition) is 2. The van der Waals surface area contributed by atoms with Gasteiger partial charge in [-0.2, -0.15) is 0 Å². The lowest BCUT2D eigenvalue weighted by Crippen LogP contribution is -2.38. The van der Waals surface area contributed by atoms with Crippen LogP contribution in [0.2, 0.25) is 0 Å². The molecule has 0 aliphatic carbocycles. The minimum atomic E-state index is -0.316. The molecule has 1 saturated heterocycles. The summed E-state index contributed by atoms with van der Waals surface area (Å²) in [5, 5.41) is 17.3. The second-order valence-electron chi connectivity index (χ2n) is 8.64. The summed E-state index contributed by atoms with van der Waals surface area (Å²) in [4.78, 5) is 19.1. The lowest BCUT2D eigenvalue weighted by atomic mass is 9.87. The van der Waals surface area contributed by atoms with Gasteiger partial charge in [0.05, 0.1) is 12.3 Å². The SMILES string of the molecule is CC(C)(C)c1ccc(C(=O)Nc2cn3nc(N4CCCC(O)C4)ccc3n2)cc1. The number of amides is 1. The predicted molar refractivity (Wildman–Crippen MR) is 114 cm³/mol. The fraction of sp³-hybridized carbons (Fsp3) is 0.409. The van der Waals surface area contributed by atoms with Crippen LogP contribution in [0.5, 0.6) is 0 Å². The first-order valence-corrected chi connectivity index (χ1v) is 10.0.